The summed E-state index contributed by atoms with van der Waals surface area (Å²) in [5.74, 6) is 0.0843. The van der Waals surface area contributed by atoms with Crippen LogP contribution in [0.25, 0.3) is 0 Å². The van der Waals surface area contributed by atoms with Crippen LogP contribution >= 0.6 is 0 Å². The Labute approximate surface area is 127 Å². The van der Waals surface area contributed by atoms with Crippen LogP contribution in [0.4, 0.5) is 0 Å². The van der Waals surface area contributed by atoms with E-state index in [9.17, 15) is 9.59 Å². The van der Waals surface area contributed by atoms with Gasteiger partial charge in [0.05, 0.1) is 12.5 Å². The standard InChI is InChI=1S/C17H28N2O2/c1-2-17(9-6-10-17)12-18-14-11-15(20)19(16(14)21)13-7-4-3-5-8-13/h13-14,18H,2-12H2,1H3. The predicted molar refractivity (Wildman–Crippen MR) is 81.7 cm³/mol. The Bertz CT molecular complexity index is 406. The van der Waals surface area contributed by atoms with Crippen LogP contribution < -0.4 is 5.32 Å². The van der Waals surface area contributed by atoms with E-state index in [4.69, 9.17) is 0 Å². The lowest BCUT2D eigenvalue weighted by Crippen LogP contribution is -2.48. The number of likely N-dealkylation sites (tertiary alicyclic amines) is 1. The largest absolute Gasteiger partial charge is 0.305 e. The molecular formula is C17H28N2O2. The molecule has 2 aliphatic carbocycles. The third-order valence-electron chi connectivity index (χ3n) is 6.01. The number of carbonyl (C=O) groups excluding carboxylic acids is 2. The lowest BCUT2D eigenvalue weighted by atomic mass is 9.67. The molecule has 1 atom stereocenters. The first-order valence-electron chi connectivity index (χ1n) is 8.74. The number of rotatable bonds is 5. The molecule has 0 aromatic rings. The number of nitrogens with zero attached hydrogens (tertiary/aromatic N) is 1. The van der Waals surface area contributed by atoms with Gasteiger partial charge in [-0.25, -0.2) is 0 Å². The quantitative estimate of drug-likeness (QED) is 0.792. The summed E-state index contributed by atoms with van der Waals surface area (Å²) in [4.78, 5) is 26.4. The minimum absolute atomic E-state index is 0.0393. The summed E-state index contributed by atoms with van der Waals surface area (Å²) in [6.07, 6.45) is 10.9. The van der Waals surface area contributed by atoms with Crippen molar-refractivity contribution in [1.82, 2.24) is 10.2 Å². The van der Waals surface area contributed by atoms with Gasteiger partial charge >= 0.3 is 0 Å². The Balaban J connectivity index is 1.58. The van der Waals surface area contributed by atoms with Crippen molar-refractivity contribution in [3.63, 3.8) is 0 Å². The minimum atomic E-state index is -0.261. The third kappa shape index (κ3) is 2.87. The Morgan fingerprint density at radius 1 is 1.14 bits per heavy atom. The molecular weight excluding hydrogens is 264 g/mol. The molecule has 3 rings (SSSR count). The molecule has 1 saturated heterocycles. The Hall–Kier alpha value is -0.900. The van der Waals surface area contributed by atoms with Gasteiger partial charge in [-0.1, -0.05) is 32.6 Å². The van der Waals surface area contributed by atoms with E-state index >= 15 is 0 Å². The van der Waals surface area contributed by atoms with Gasteiger partial charge in [0.15, 0.2) is 0 Å². The topological polar surface area (TPSA) is 49.4 Å². The van der Waals surface area contributed by atoms with Crippen LogP contribution in [0.3, 0.4) is 0 Å². The average Bonchev–Trinajstić information content (AvgIpc) is 2.74. The number of amides is 2. The summed E-state index contributed by atoms with van der Waals surface area (Å²) in [7, 11) is 0. The van der Waals surface area contributed by atoms with Crippen LogP contribution in [0.1, 0.15) is 71.1 Å². The van der Waals surface area contributed by atoms with Gasteiger partial charge in [0.25, 0.3) is 0 Å². The molecule has 1 N–H and O–H groups in total. The molecule has 3 fully saturated rings. The Morgan fingerprint density at radius 2 is 1.86 bits per heavy atom. The second-order valence-corrected chi connectivity index (χ2v) is 7.24. The van der Waals surface area contributed by atoms with Crippen molar-refractivity contribution in [3.8, 4) is 0 Å². The van der Waals surface area contributed by atoms with Crippen LogP contribution in [-0.2, 0) is 9.59 Å². The lowest BCUT2D eigenvalue weighted by molar-refractivity contribution is -0.142. The van der Waals surface area contributed by atoms with Crippen LogP contribution in [0.5, 0.6) is 0 Å². The van der Waals surface area contributed by atoms with Crippen molar-refractivity contribution in [3.05, 3.63) is 0 Å². The lowest BCUT2D eigenvalue weighted by Gasteiger charge is -2.42. The van der Waals surface area contributed by atoms with E-state index in [1.165, 1.54) is 32.1 Å². The molecule has 1 heterocycles. The molecule has 2 amide bonds. The molecule has 0 bridgehead atoms. The summed E-state index contributed by atoms with van der Waals surface area (Å²) in [6, 6.07) is -0.0853. The first kappa shape index (κ1) is 15.0. The van der Waals surface area contributed by atoms with E-state index in [0.29, 0.717) is 11.8 Å². The van der Waals surface area contributed by atoms with E-state index in [2.05, 4.69) is 12.2 Å². The van der Waals surface area contributed by atoms with E-state index in [1.54, 1.807) is 4.90 Å². The number of nitrogens with one attached hydrogen (secondary N) is 1. The molecule has 1 aliphatic heterocycles. The van der Waals surface area contributed by atoms with Crippen molar-refractivity contribution >= 4 is 11.8 Å². The molecule has 118 valence electrons. The monoisotopic (exact) mass is 292 g/mol. The highest BCUT2D eigenvalue weighted by Gasteiger charge is 2.44. The predicted octanol–water partition coefficient (Wildman–Crippen LogP) is 2.62. The molecule has 4 heteroatoms. The highest BCUT2D eigenvalue weighted by molar-refractivity contribution is 6.05. The second kappa shape index (κ2) is 6.07. The zero-order chi connectivity index (χ0) is 14.9. The van der Waals surface area contributed by atoms with Crippen LogP contribution in [0.15, 0.2) is 0 Å². The van der Waals surface area contributed by atoms with Gasteiger partial charge in [-0.15, -0.1) is 0 Å². The molecule has 0 spiro atoms. The van der Waals surface area contributed by atoms with Gasteiger partial charge in [0.2, 0.25) is 11.8 Å². The maximum Gasteiger partial charge on any atom is 0.247 e. The Kier molecular flexibility index (Phi) is 4.34. The summed E-state index contributed by atoms with van der Waals surface area (Å²) >= 11 is 0. The molecule has 0 radical (unpaired) electrons. The number of hydrogen-bond acceptors (Lipinski definition) is 3. The highest BCUT2D eigenvalue weighted by Crippen LogP contribution is 2.43. The van der Waals surface area contributed by atoms with Gasteiger partial charge in [-0.05, 0) is 37.5 Å². The SMILES string of the molecule is CCC1(CNC2CC(=O)N(C3CCCCC3)C2=O)CCC1. The van der Waals surface area contributed by atoms with Crippen molar-refractivity contribution < 1.29 is 9.59 Å². The molecule has 4 nitrogen and oxygen atoms in total. The van der Waals surface area contributed by atoms with E-state index in [1.807, 2.05) is 0 Å². The first-order valence-corrected chi connectivity index (χ1v) is 8.74. The highest BCUT2D eigenvalue weighted by atomic mass is 16.2. The Morgan fingerprint density at radius 3 is 2.43 bits per heavy atom. The molecule has 0 aromatic carbocycles. The molecule has 0 aromatic heterocycles. The normalized spacial score (nSPS) is 29.8. The van der Waals surface area contributed by atoms with Gasteiger partial charge < -0.3 is 5.32 Å². The van der Waals surface area contributed by atoms with Crippen LogP contribution in [0.2, 0.25) is 0 Å². The zero-order valence-corrected chi connectivity index (χ0v) is 13.2. The number of hydrogen-bond donors (Lipinski definition) is 1. The number of imide groups is 1. The average molecular weight is 292 g/mol. The van der Waals surface area contributed by atoms with E-state index in [-0.39, 0.29) is 23.9 Å². The minimum Gasteiger partial charge on any atom is -0.305 e. The summed E-state index contributed by atoms with van der Waals surface area (Å²) in [5.41, 5.74) is 0.390. The summed E-state index contributed by atoms with van der Waals surface area (Å²) < 4.78 is 0. The first-order chi connectivity index (χ1) is 10.2. The maximum absolute atomic E-state index is 12.6. The second-order valence-electron chi connectivity index (χ2n) is 7.24. The fourth-order valence-electron chi connectivity index (χ4n) is 4.21. The van der Waals surface area contributed by atoms with Crippen molar-refractivity contribution in [2.24, 2.45) is 5.41 Å². The van der Waals surface area contributed by atoms with Gasteiger partial charge in [0, 0.05) is 12.6 Å². The zero-order valence-electron chi connectivity index (χ0n) is 13.2. The molecule has 21 heavy (non-hydrogen) atoms. The third-order valence-corrected chi connectivity index (χ3v) is 6.01. The van der Waals surface area contributed by atoms with Gasteiger partial charge in [-0.3, -0.25) is 14.5 Å². The molecule has 3 aliphatic rings. The van der Waals surface area contributed by atoms with Gasteiger partial charge in [0.1, 0.15) is 0 Å². The van der Waals surface area contributed by atoms with Gasteiger partial charge in [-0.2, -0.15) is 0 Å². The van der Waals surface area contributed by atoms with E-state index in [0.717, 1.165) is 32.2 Å². The fourth-order valence-corrected chi connectivity index (χ4v) is 4.21. The van der Waals surface area contributed by atoms with Crippen LogP contribution in [0, 0.1) is 5.41 Å². The van der Waals surface area contributed by atoms with Crippen LogP contribution in [-0.4, -0.2) is 35.3 Å². The smallest absolute Gasteiger partial charge is 0.247 e. The van der Waals surface area contributed by atoms with Crippen molar-refractivity contribution in [2.75, 3.05) is 6.54 Å². The summed E-state index contributed by atoms with van der Waals surface area (Å²) in [5, 5.41) is 3.41. The number of carbonyl (C=O) groups is 2. The molecule has 1 unspecified atom stereocenters. The van der Waals surface area contributed by atoms with Crippen molar-refractivity contribution in [1.29, 1.82) is 0 Å². The fraction of sp³-hybridized carbons (Fsp3) is 0.882. The summed E-state index contributed by atoms with van der Waals surface area (Å²) in [6.45, 7) is 3.13. The van der Waals surface area contributed by atoms with E-state index < -0.39 is 0 Å². The molecule has 2 saturated carbocycles. The maximum atomic E-state index is 12.6. The van der Waals surface area contributed by atoms with Crippen molar-refractivity contribution in [2.45, 2.75) is 83.2 Å².